The highest BCUT2D eigenvalue weighted by Gasteiger charge is 1.97. The van der Waals surface area contributed by atoms with Gasteiger partial charge in [-0.05, 0) is 11.6 Å². The number of hydrogen-bond acceptors (Lipinski definition) is 6. The minimum atomic E-state index is -0.0196. The Morgan fingerprint density at radius 2 is 1.74 bits per heavy atom. The van der Waals surface area contributed by atoms with Crippen LogP contribution in [0.3, 0.4) is 0 Å². The van der Waals surface area contributed by atoms with E-state index in [1.54, 1.807) is 25.4 Å². The number of hydrogen-bond donors (Lipinski definition) is 1. The van der Waals surface area contributed by atoms with Crippen LogP contribution >= 0.6 is 0 Å². The van der Waals surface area contributed by atoms with Crippen LogP contribution in [0.2, 0.25) is 0 Å². The van der Waals surface area contributed by atoms with E-state index < -0.39 is 0 Å². The number of pyridine rings is 1. The first-order valence-corrected chi connectivity index (χ1v) is 6.20. The summed E-state index contributed by atoms with van der Waals surface area (Å²) in [4.78, 5) is 4.03. The summed E-state index contributed by atoms with van der Waals surface area (Å²) < 4.78 is 20.8. The van der Waals surface area contributed by atoms with Crippen molar-refractivity contribution < 1.29 is 24.1 Å². The molecule has 0 saturated carbocycles. The van der Waals surface area contributed by atoms with Crippen LogP contribution in [0.1, 0.15) is 5.56 Å². The quantitative estimate of drug-likeness (QED) is 0.595. The molecule has 0 saturated heterocycles. The fourth-order valence-corrected chi connectivity index (χ4v) is 1.30. The van der Waals surface area contributed by atoms with Crippen molar-refractivity contribution in [1.82, 2.24) is 4.98 Å². The second kappa shape index (κ2) is 10.7. The normalized spacial score (nSPS) is 10.6. The summed E-state index contributed by atoms with van der Waals surface area (Å²) in [6.45, 7) is 3.11. The molecule has 1 heterocycles. The lowest BCUT2D eigenvalue weighted by Crippen LogP contribution is -2.12. The van der Waals surface area contributed by atoms with Crippen molar-refractivity contribution in [2.45, 2.75) is 6.61 Å². The average molecular weight is 271 g/mol. The first kappa shape index (κ1) is 15.8. The van der Waals surface area contributed by atoms with Crippen molar-refractivity contribution in [2.24, 2.45) is 0 Å². The smallest absolute Gasteiger partial charge is 0.213 e. The van der Waals surface area contributed by atoms with Crippen LogP contribution in [0.5, 0.6) is 5.88 Å². The maximum absolute atomic E-state index is 8.96. The third-order valence-corrected chi connectivity index (χ3v) is 2.26. The zero-order valence-electron chi connectivity index (χ0n) is 11.2. The second-order valence-corrected chi connectivity index (χ2v) is 3.73. The van der Waals surface area contributed by atoms with Gasteiger partial charge in [-0.2, -0.15) is 0 Å². The molecular weight excluding hydrogens is 250 g/mol. The Morgan fingerprint density at radius 3 is 2.42 bits per heavy atom. The molecule has 1 aromatic heterocycles. The van der Waals surface area contributed by atoms with Gasteiger partial charge in [-0.25, -0.2) is 4.98 Å². The standard InChI is InChI=1S/C13H21NO5/c1-16-4-5-17-6-7-18-8-9-19-13-10-12(11-15)2-3-14-13/h2-3,10,15H,4-9,11H2,1H3. The van der Waals surface area contributed by atoms with Crippen LogP contribution in [-0.2, 0) is 20.8 Å². The topological polar surface area (TPSA) is 70.0 Å². The van der Waals surface area contributed by atoms with Crippen LogP contribution in [0, 0.1) is 0 Å². The van der Waals surface area contributed by atoms with Gasteiger partial charge in [-0.1, -0.05) is 0 Å². The van der Waals surface area contributed by atoms with Crippen molar-refractivity contribution >= 4 is 0 Å². The molecule has 0 fully saturated rings. The summed E-state index contributed by atoms with van der Waals surface area (Å²) >= 11 is 0. The molecular formula is C13H21NO5. The summed E-state index contributed by atoms with van der Waals surface area (Å²) in [6.07, 6.45) is 1.60. The molecule has 6 nitrogen and oxygen atoms in total. The number of methoxy groups -OCH3 is 1. The maximum Gasteiger partial charge on any atom is 0.213 e. The molecule has 1 rings (SSSR count). The van der Waals surface area contributed by atoms with Crippen molar-refractivity contribution in [3.8, 4) is 5.88 Å². The van der Waals surface area contributed by atoms with Crippen LogP contribution < -0.4 is 4.74 Å². The summed E-state index contributed by atoms with van der Waals surface area (Å²) in [7, 11) is 1.64. The summed E-state index contributed by atoms with van der Waals surface area (Å²) in [5.41, 5.74) is 0.775. The molecule has 0 aromatic carbocycles. The van der Waals surface area contributed by atoms with Gasteiger partial charge < -0.3 is 24.1 Å². The number of rotatable bonds is 11. The highest BCUT2D eigenvalue weighted by molar-refractivity contribution is 5.19. The Morgan fingerprint density at radius 1 is 1.05 bits per heavy atom. The third kappa shape index (κ3) is 7.74. The van der Waals surface area contributed by atoms with E-state index in [2.05, 4.69) is 4.98 Å². The van der Waals surface area contributed by atoms with E-state index in [9.17, 15) is 0 Å². The predicted molar refractivity (Wildman–Crippen MR) is 69.2 cm³/mol. The van der Waals surface area contributed by atoms with Crippen LogP contribution in [-0.4, -0.2) is 56.8 Å². The summed E-state index contributed by atoms with van der Waals surface area (Å²) in [5.74, 6) is 0.492. The molecule has 0 aliphatic carbocycles. The lowest BCUT2D eigenvalue weighted by atomic mass is 10.3. The van der Waals surface area contributed by atoms with Crippen molar-refractivity contribution in [3.63, 3.8) is 0 Å². The van der Waals surface area contributed by atoms with Crippen LogP contribution in [0.15, 0.2) is 18.3 Å². The molecule has 0 spiro atoms. The van der Waals surface area contributed by atoms with Gasteiger partial charge in [0.2, 0.25) is 5.88 Å². The van der Waals surface area contributed by atoms with Gasteiger partial charge in [-0.15, -0.1) is 0 Å². The zero-order chi connectivity index (χ0) is 13.8. The van der Waals surface area contributed by atoms with E-state index in [4.69, 9.17) is 24.1 Å². The monoisotopic (exact) mass is 271 g/mol. The summed E-state index contributed by atoms with van der Waals surface area (Å²) in [6, 6.07) is 3.44. The Bertz CT molecular complexity index is 335. The van der Waals surface area contributed by atoms with E-state index in [1.807, 2.05) is 0 Å². The molecule has 0 aliphatic rings. The van der Waals surface area contributed by atoms with Gasteiger partial charge in [0, 0.05) is 19.4 Å². The van der Waals surface area contributed by atoms with Gasteiger partial charge in [0.25, 0.3) is 0 Å². The molecule has 0 unspecified atom stereocenters. The van der Waals surface area contributed by atoms with Crippen LogP contribution in [0.25, 0.3) is 0 Å². The fourth-order valence-electron chi connectivity index (χ4n) is 1.30. The highest BCUT2D eigenvalue weighted by atomic mass is 16.6. The van der Waals surface area contributed by atoms with Gasteiger partial charge in [0.1, 0.15) is 6.61 Å². The lowest BCUT2D eigenvalue weighted by molar-refractivity contribution is 0.0176. The van der Waals surface area contributed by atoms with E-state index in [0.29, 0.717) is 45.5 Å². The third-order valence-electron chi connectivity index (χ3n) is 2.26. The highest BCUT2D eigenvalue weighted by Crippen LogP contribution is 2.08. The number of ether oxygens (including phenoxy) is 4. The van der Waals surface area contributed by atoms with Crippen molar-refractivity contribution in [1.29, 1.82) is 0 Å². The van der Waals surface area contributed by atoms with Crippen LogP contribution in [0.4, 0.5) is 0 Å². The first-order valence-electron chi connectivity index (χ1n) is 6.20. The number of aliphatic hydroxyl groups excluding tert-OH is 1. The molecule has 0 aliphatic heterocycles. The SMILES string of the molecule is COCCOCCOCCOc1cc(CO)ccn1. The van der Waals surface area contributed by atoms with Gasteiger partial charge >= 0.3 is 0 Å². The largest absolute Gasteiger partial charge is 0.475 e. The van der Waals surface area contributed by atoms with Crippen molar-refractivity contribution in [3.05, 3.63) is 23.9 Å². The molecule has 6 heteroatoms. The summed E-state index contributed by atoms with van der Waals surface area (Å²) in [5, 5.41) is 8.96. The fraction of sp³-hybridized carbons (Fsp3) is 0.615. The Balaban J connectivity index is 1.98. The van der Waals surface area contributed by atoms with Crippen molar-refractivity contribution in [2.75, 3.05) is 46.8 Å². The predicted octanol–water partition coefficient (Wildman–Crippen LogP) is 0.632. The minimum Gasteiger partial charge on any atom is -0.475 e. The molecule has 0 atom stereocenters. The number of aromatic nitrogens is 1. The average Bonchev–Trinajstić information content (AvgIpc) is 2.46. The zero-order valence-corrected chi connectivity index (χ0v) is 11.2. The minimum absolute atomic E-state index is 0.0196. The van der Waals surface area contributed by atoms with Gasteiger partial charge in [0.15, 0.2) is 0 Å². The van der Waals surface area contributed by atoms with E-state index in [0.717, 1.165) is 5.56 Å². The molecule has 1 N–H and O–H groups in total. The van der Waals surface area contributed by atoms with E-state index in [1.165, 1.54) is 0 Å². The van der Waals surface area contributed by atoms with E-state index in [-0.39, 0.29) is 6.61 Å². The second-order valence-electron chi connectivity index (χ2n) is 3.73. The number of aliphatic hydroxyl groups is 1. The molecule has 0 amide bonds. The van der Waals surface area contributed by atoms with Gasteiger partial charge in [0.05, 0.1) is 39.6 Å². The molecule has 0 radical (unpaired) electrons. The molecule has 19 heavy (non-hydrogen) atoms. The Kier molecular flexibility index (Phi) is 8.91. The maximum atomic E-state index is 8.96. The Hall–Kier alpha value is -1.21. The molecule has 0 bridgehead atoms. The molecule has 1 aromatic rings. The molecule has 108 valence electrons. The Labute approximate surface area is 113 Å². The van der Waals surface area contributed by atoms with Gasteiger partial charge in [-0.3, -0.25) is 0 Å². The lowest BCUT2D eigenvalue weighted by Gasteiger charge is -2.07. The van der Waals surface area contributed by atoms with E-state index >= 15 is 0 Å². The number of nitrogens with zero attached hydrogens (tertiary/aromatic N) is 1. The first-order chi connectivity index (χ1) is 9.36.